The van der Waals surface area contributed by atoms with Gasteiger partial charge < -0.3 is 15.2 Å². The molecule has 0 aromatic carbocycles. The number of hydrogen-bond donors (Lipinski definition) is 1. The second kappa shape index (κ2) is 6.64. The normalized spacial score (nSPS) is 27.3. The van der Waals surface area contributed by atoms with E-state index in [9.17, 15) is 4.79 Å². The fourth-order valence-corrected chi connectivity index (χ4v) is 2.99. The lowest BCUT2D eigenvalue weighted by atomic mass is 9.75. The van der Waals surface area contributed by atoms with Crippen molar-refractivity contribution in [2.75, 3.05) is 26.4 Å². The highest BCUT2D eigenvalue weighted by molar-refractivity contribution is 5.85. The number of carbonyl (C=O) groups excluding carboxylic acids is 1. The molecule has 0 aliphatic carbocycles. The molecule has 2 rings (SSSR count). The Morgan fingerprint density at radius 2 is 2.06 bits per heavy atom. The molecule has 0 radical (unpaired) electrons. The average Bonchev–Trinajstić information content (AvgIpc) is 2.92. The quantitative estimate of drug-likeness (QED) is 0.784. The Bertz CT molecular complexity index is 268. The van der Waals surface area contributed by atoms with Crippen LogP contribution in [0.4, 0.5) is 0 Å². The fourth-order valence-electron chi connectivity index (χ4n) is 2.99. The lowest BCUT2D eigenvalue weighted by Crippen LogP contribution is -2.43. The van der Waals surface area contributed by atoms with Crippen LogP contribution in [0.1, 0.15) is 44.9 Å². The molecular formula is C14H25NO3. The number of nitrogens with two attached hydrogens (primary N) is 1. The molecule has 1 atom stereocenters. The first-order valence-corrected chi connectivity index (χ1v) is 7.19. The van der Waals surface area contributed by atoms with E-state index >= 15 is 0 Å². The highest BCUT2D eigenvalue weighted by atomic mass is 16.5. The van der Waals surface area contributed by atoms with E-state index in [-0.39, 0.29) is 5.41 Å². The zero-order chi connectivity index (χ0) is 12.8. The third-order valence-corrected chi connectivity index (χ3v) is 4.39. The second-order valence-corrected chi connectivity index (χ2v) is 5.55. The molecule has 2 saturated heterocycles. The highest BCUT2D eigenvalue weighted by Gasteiger charge is 2.37. The van der Waals surface area contributed by atoms with E-state index in [0.717, 1.165) is 38.7 Å². The predicted octanol–water partition coefficient (Wildman–Crippen LogP) is 1.66. The van der Waals surface area contributed by atoms with E-state index in [2.05, 4.69) is 0 Å². The Morgan fingerprint density at radius 1 is 1.28 bits per heavy atom. The number of Topliss-reactive ketones (excluding diaryl/α,β-unsaturated/α-hetero) is 1. The molecule has 0 spiro atoms. The average molecular weight is 255 g/mol. The Balaban J connectivity index is 1.74. The number of hydrogen-bond acceptors (Lipinski definition) is 4. The molecule has 2 fully saturated rings. The molecular weight excluding hydrogens is 230 g/mol. The van der Waals surface area contributed by atoms with E-state index in [4.69, 9.17) is 15.2 Å². The smallest absolute Gasteiger partial charge is 0.140 e. The van der Waals surface area contributed by atoms with Crippen LogP contribution in [-0.4, -0.2) is 38.3 Å². The summed E-state index contributed by atoms with van der Waals surface area (Å²) in [6.07, 6.45) is 6.91. The topological polar surface area (TPSA) is 61.6 Å². The molecule has 2 aliphatic heterocycles. The molecule has 4 nitrogen and oxygen atoms in total. The maximum absolute atomic E-state index is 12.3. The summed E-state index contributed by atoms with van der Waals surface area (Å²) in [5, 5.41) is 0. The van der Waals surface area contributed by atoms with Crippen molar-refractivity contribution in [3.05, 3.63) is 0 Å². The van der Waals surface area contributed by atoms with Gasteiger partial charge in [-0.25, -0.2) is 0 Å². The Kier molecular flexibility index (Phi) is 5.15. The van der Waals surface area contributed by atoms with E-state index < -0.39 is 0 Å². The molecule has 0 saturated carbocycles. The molecule has 2 N–H and O–H groups in total. The first-order chi connectivity index (χ1) is 8.77. The minimum Gasteiger partial charge on any atom is -0.381 e. The molecule has 0 aromatic heterocycles. The van der Waals surface area contributed by atoms with Crippen LogP contribution in [0.15, 0.2) is 0 Å². The molecule has 2 aliphatic rings. The van der Waals surface area contributed by atoms with Crippen LogP contribution in [0.2, 0.25) is 0 Å². The summed E-state index contributed by atoms with van der Waals surface area (Å²) in [7, 11) is 0. The minimum atomic E-state index is -0.297. The number of rotatable bonds is 6. The molecule has 0 bridgehead atoms. The first-order valence-electron chi connectivity index (χ1n) is 7.19. The molecule has 0 amide bonds. The number of ether oxygens (including phenoxy) is 2. The van der Waals surface area contributed by atoms with Gasteiger partial charge in [0.2, 0.25) is 0 Å². The van der Waals surface area contributed by atoms with Crippen molar-refractivity contribution >= 4 is 5.78 Å². The summed E-state index contributed by atoms with van der Waals surface area (Å²) in [6, 6.07) is 0. The van der Waals surface area contributed by atoms with Crippen molar-refractivity contribution in [2.24, 2.45) is 11.1 Å². The van der Waals surface area contributed by atoms with Crippen LogP contribution in [0.25, 0.3) is 0 Å². The monoisotopic (exact) mass is 255 g/mol. The minimum absolute atomic E-state index is 0.297. The van der Waals surface area contributed by atoms with Crippen LogP contribution >= 0.6 is 0 Å². The molecule has 1 unspecified atom stereocenters. The maximum atomic E-state index is 12.3. The molecule has 18 heavy (non-hydrogen) atoms. The Morgan fingerprint density at radius 3 is 2.67 bits per heavy atom. The third kappa shape index (κ3) is 3.31. The first kappa shape index (κ1) is 14.0. The van der Waals surface area contributed by atoms with Crippen molar-refractivity contribution in [3.8, 4) is 0 Å². The zero-order valence-electron chi connectivity index (χ0n) is 11.2. The Labute approximate surface area is 109 Å². The van der Waals surface area contributed by atoms with Crippen LogP contribution in [0.3, 0.4) is 0 Å². The van der Waals surface area contributed by atoms with E-state index in [1.54, 1.807) is 0 Å². The van der Waals surface area contributed by atoms with Crippen molar-refractivity contribution in [1.29, 1.82) is 0 Å². The van der Waals surface area contributed by atoms with Crippen molar-refractivity contribution in [3.63, 3.8) is 0 Å². The Hall–Kier alpha value is -0.450. The lowest BCUT2D eigenvalue weighted by Gasteiger charge is -2.34. The van der Waals surface area contributed by atoms with Crippen LogP contribution < -0.4 is 5.73 Å². The van der Waals surface area contributed by atoms with E-state index in [1.807, 2.05) is 0 Å². The largest absolute Gasteiger partial charge is 0.381 e. The van der Waals surface area contributed by atoms with Crippen molar-refractivity contribution < 1.29 is 14.3 Å². The SMILES string of the molecule is NCC1(C(=O)CCCC2CCCO2)CCOCC1. The van der Waals surface area contributed by atoms with E-state index in [0.29, 0.717) is 38.1 Å². The van der Waals surface area contributed by atoms with Crippen molar-refractivity contribution in [2.45, 2.75) is 51.0 Å². The van der Waals surface area contributed by atoms with Gasteiger partial charge in [0.1, 0.15) is 5.78 Å². The van der Waals surface area contributed by atoms with Gasteiger partial charge in [0.15, 0.2) is 0 Å². The maximum Gasteiger partial charge on any atom is 0.140 e. The number of carbonyl (C=O) groups is 1. The van der Waals surface area contributed by atoms with Gasteiger partial charge in [0.05, 0.1) is 6.10 Å². The van der Waals surface area contributed by atoms with Gasteiger partial charge in [0, 0.05) is 38.2 Å². The summed E-state index contributed by atoms with van der Waals surface area (Å²) in [5.74, 6) is 0.339. The standard InChI is InChI=1S/C14H25NO3/c15-11-14(6-9-17-10-7-14)13(16)5-1-3-12-4-2-8-18-12/h12H,1-11,15H2. The van der Waals surface area contributed by atoms with Gasteiger partial charge in [-0.15, -0.1) is 0 Å². The van der Waals surface area contributed by atoms with Gasteiger partial charge in [-0.05, 0) is 38.5 Å². The molecule has 4 heteroatoms. The predicted molar refractivity (Wildman–Crippen MR) is 69.4 cm³/mol. The summed E-state index contributed by atoms with van der Waals surface area (Å²) in [4.78, 5) is 12.3. The van der Waals surface area contributed by atoms with E-state index in [1.165, 1.54) is 6.42 Å². The summed E-state index contributed by atoms with van der Waals surface area (Å²) in [6.45, 7) is 2.71. The summed E-state index contributed by atoms with van der Waals surface area (Å²) >= 11 is 0. The van der Waals surface area contributed by atoms with Crippen LogP contribution in [-0.2, 0) is 14.3 Å². The highest BCUT2D eigenvalue weighted by Crippen LogP contribution is 2.32. The molecule has 104 valence electrons. The summed E-state index contributed by atoms with van der Waals surface area (Å²) in [5.41, 5.74) is 5.54. The lowest BCUT2D eigenvalue weighted by molar-refractivity contribution is -0.133. The fraction of sp³-hybridized carbons (Fsp3) is 0.929. The van der Waals surface area contributed by atoms with Crippen LogP contribution in [0.5, 0.6) is 0 Å². The van der Waals surface area contributed by atoms with Gasteiger partial charge in [-0.2, -0.15) is 0 Å². The van der Waals surface area contributed by atoms with Gasteiger partial charge in [0.25, 0.3) is 0 Å². The molecule has 2 heterocycles. The van der Waals surface area contributed by atoms with Gasteiger partial charge in [-0.1, -0.05) is 0 Å². The third-order valence-electron chi connectivity index (χ3n) is 4.39. The summed E-state index contributed by atoms with van der Waals surface area (Å²) < 4.78 is 10.9. The van der Waals surface area contributed by atoms with Gasteiger partial charge in [-0.3, -0.25) is 4.79 Å². The van der Waals surface area contributed by atoms with Crippen LogP contribution in [0, 0.1) is 5.41 Å². The molecule has 0 aromatic rings. The van der Waals surface area contributed by atoms with Gasteiger partial charge >= 0.3 is 0 Å². The zero-order valence-corrected chi connectivity index (χ0v) is 11.2. The van der Waals surface area contributed by atoms with Crippen molar-refractivity contribution in [1.82, 2.24) is 0 Å². The second-order valence-electron chi connectivity index (χ2n) is 5.55. The number of ketones is 1.